The van der Waals surface area contributed by atoms with E-state index in [2.05, 4.69) is 81.4 Å². The van der Waals surface area contributed by atoms with E-state index in [1.165, 1.54) is 0 Å². The molecule has 2 aromatic carbocycles. The molecule has 0 bridgehead atoms. The minimum Gasteiger partial charge on any atom is -0.480 e. The van der Waals surface area contributed by atoms with E-state index < -0.39 is 0 Å². The first kappa shape index (κ1) is 23.2. The van der Waals surface area contributed by atoms with Crippen molar-refractivity contribution in [1.82, 2.24) is 19.4 Å². The fourth-order valence-corrected chi connectivity index (χ4v) is 5.02. The Labute approximate surface area is 216 Å². The molecule has 0 amide bonds. The normalized spacial score (nSPS) is 15.4. The van der Waals surface area contributed by atoms with E-state index in [0.717, 1.165) is 70.8 Å². The number of ether oxygens (including phenoxy) is 1. The predicted octanol–water partition coefficient (Wildman–Crippen LogP) is 5.27. The second-order valence-corrected chi connectivity index (χ2v) is 9.48. The summed E-state index contributed by atoms with van der Waals surface area (Å²) in [4.78, 5) is 17.1. The van der Waals surface area contributed by atoms with Crippen LogP contribution in [0.4, 0.5) is 11.4 Å². The summed E-state index contributed by atoms with van der Waals surface area (Å²) in [5, 5.41) is 4.46. The van der Waals surface area contributed by atoms with E-state index >= 15 is 0 Å². The highest BCUT2D eigenvalue weighted by Crippen LogP contribution is 2.31. The number of benzene rings is 3. The largest absolute Gasteiger partial charge is 0.480 e. The molecule has 3 heterocycles. The number of likely N-dealkylation sites (tertiary alicyclic amines) is 1. The van der Waals surface area contributed by atoms with Crippen LogP contribution in [0.5, 0.6) is 5.88 Å². The molecule has 7 heteroatoms. The van der Waals surface area contributed by atoms with Crippen LogP contribution >= 0.6 is 0 Å². The van der Waals surface area contributed by atoms with Crippen molar-refractivity contribution in [1.29, 1.82) is 0 Å². The molecule has 0 radical (unpaired) electrons. The van der Waals surface area contributed by atoms with Crippen molar-refractivity contribution in [3.8, 4) is 23.0 Å². The molecule has 1 aliphatic carbocycles. The van der Waals surface area contributed by atoms with Crippen molar-refractivity contribution in [2.24, 2.45) is 4.99 Å². The highest BCUT2D eigenvalue weighted by molar-refractivity contribution is 5.84. The molecule has 0 atom stereocenters. The minimum atomic E-state index is 0.267. The first-order valence-corrected chi connectivity index (χ1v) is 12.7. The number of nitrogens with zero attached hydrogens (tertiary/aromatic N) is 5. The van der Waals surface area contributed by atoms with Gasteiger partial charge in [-0.25, -0.2) is 9.97 Å². The molecule has 1 N–H and O–H groups in total. The third-order valence-corrected chi connectivity index (χ3v) is 6.96. The van der Waals surface area contributed by atoms with Crippen LogP contribution in [-0.2, 0) is 0 Å². The van der Waals surface area contributed by atoms with Gasteiger partial charge >= 0.3 is 0 Å². The average Bonchev–Trinajstić information content (AvgIpc) is 2.94. The third kappa shape index (κ3) is 4.66. The molecule has 3 aromatic rings. The SMILES string of the molecule is COc1ncccc1Nc1cc2nc3ccccc3n(-c3ccccc3)c-2c/c1=N\C1CCN(C)CC1. The van der Waals surface area contributed by atoms with Crippen molar-refractivity contribution in [2.45, 2.75) is 18.9 Å². The molecule has 37 heavy (non-hydrogen) atoms. The van der Waals surface area contributed by atoms with Gasteiger partial charge in [-0.3, -0.25) is 4.99 Å². The molecule has 7 nitrogen and oxygen atoms in total. The Morgan fingerprint density at radius 3 is 2.51 bits per heavy atom. The van der Waals surface area contributed by atoms with Gasteiger partial charge in [-0.05, 0) is 81.5 Å². The van der Waals surface area contributed by atoms with E-state index in [0.29, 0.717) is 5.88 Å². The Kier molecular flexibility index (Phi) is 6.28. The number of hydrogen-bond donors (Lipinski definition) is 1. The molecule has 0 saturated carbocycles. The third-order valence-electron chi connectivity index (χ3n) is 6.96. The van der Waals surface area contributed by atoms with Crippen LogP contribution in [0.1, 0.15) is 12.8 Å². The standard InChI is InChI=1S/C30H30N6O/c1-35-17-14-21(15-18-35)32-26-20-29-27(19-25(26)34-24-12-8-16-31-30(24)37-2)33-23-11-6-7-13-28(23)36(29)22-9-4-3-5-10-22/h3-13,16,19-21,34H,14-15,17-18H2,1-2H3/b32-26+. The lowest BCUT2D eigenvalue weighted by Gasteiger charge is -2.27. The molecule has 2 aliphatic heterocycles. The highest BCUT2D eigenvalue weighted by atomic mass is 16.5. The Bertz CT molecular complexity index is 1570. The summed E-state index contributed by atoms with van der Waals surface area (Å²) in [5.41, 5.74) is 6.66. The summed E-state index contributed by atoms with van der Waals surface area (Å²) in [5.74, 6) is 0.540. The van der Waals surface area contributed by atoms with Gasteiger partial charge in [0.25, 0.3) is 0 Å². The van der Waals surface area contributed by atoms with Gasteiger partial charge in [0.2, 0.25) is 5.88 Å². The number of pyridine rings is 1. The number of fused-ring (bicyclic) bond motifs is 2. The van der Waals surface area contributed by atoms with Gasteiger partial charge < -0.3 is 19.5 Å². The molecule has 1 fully saturated rings. The monoisotopic (exact) mass is 490 g/mol. The van der Waals surface area contributed by atoms with Crippen LogP contribution in [-0.4, -0.2) is 52.7 Å². The molecular formula is C30H30N6O. The Morgan fingerprint density at radius 1 is 0.919 bits per heavy atom. The Hall–Kier alpha value is -4.23. The lowest BCUT2D eigenvalue weighted by Crippen LogP contribution is -2.33. The molecular weight excluding hydrogens is 460 g/mol. The van der Waals surface area contributed by atoms with Crippen LogP contribution in [0.2, 0.25) is 0 Å². The molecule has 6 rings (SSSR count). The van der Waals surface area contributed by atoms with Crippen molar-refractivity contribution < 1.29 is 4.74 Å². The van der Waals surface area contributed by atoms with Crippen LogP contribution in [0.25, 0.3) is 28.1 Å². The van der Waals surface area contributed by atoms with Crippen molar-refractivity contribution >= 4 is 22.4 Å². The lowest BCUT2D eigenvalue weighted by molar-refractivity contribution is 0.255. The van der Waals surface area contributed by atoms with Gasteiger partial charge in [0.1, 0.15) is 5.69 Å². The smallest absolute Gasteiger partial charge is 0.237 e. The van der Waals surface area contributed by atoms with Gasteiger partial charge in [-0.1, -0.05) is 30.3 Å². The number of hydrogen-bond acceptors (Lipinski definition) is 6. The molecule has 0 unspecified atom stereocenters. The van der Waals surface area contributed by atoms with Crippen LogP contribution in [0, 0.1) is 0 Å². The first-order valence-electron chi connectivity index (χ1n) is 12.7. The maximum absolute atomic E-state index is 5.51. The van der Waals surface area contributed by atoms with E-state index in [1.807, 2.05) is 24.3 Å². The molecule has 3 aliphatic rings. The minimum absolute atomic E-state index is 0.267. The second-order valence-electron chi connectivity index (χ2n) is 9.48. The van der Waals surface area contributed by atoms with Gasteiger partial charge in [-0.2, -0.15) is 0 Å². The second kappa shape index (κ2) is 10.0. The average molecular weight is 491 g/mol. The van der Waals surface area contributed by atoms with Crippen LogP contribution in [0.15, 0.2) is 90.1 Å². The zero-order chi connectivity index (χ0) is 25.2. The predicted molar refractivity (Wildman–Crippen MR) is 148 cm³/mol. The van der Waals surface area contributed by atoms with Gasteiger partial charge in [0.15, 0.2) is 0 Å². The van der Waals surface area contributed by atoms with Gasteiger partial charge in [0.05, 0.1) is 46.6 Å². The van der Waals surface area contributed by atoms with Crippen molar-refractivity contribution in [3.05, 3.63) is 90.4 Å². The summed E-state index contributed by atoms with van der Waals surface area (Å²) in [6.45, 7) is 2.11. The number of rotatable bonds is 5. The lowest BCUT2D eigenvalue weighted by atomic mass is 10.1. The summed E-state index contributed by atoms with van der Waals surface area (Å²) in [6.07, 6.45) is 3.81. The zero-order valence-electron chi connectivity index (χ0n) is 21.1. The number of nitrogens with one attached hydrogen (secondary N) is 1. The topological polar surface area (TPSA) is 67.6 Å². The fraction of sp³-hybridized carbons (Fsp3) is 0.233. The summed E-state index contributed by atoms with van der Waals surface area (Å²) < 4.78 is 7.79. The van der Waals surface area contributed by atoms with Crippen LogP contribution < -0.4 is 15.4 Å². The Balaban J connectivity index is 1.60. The molecule has 186 valence electrons. The molecule has 1 saturated heterocycles. The molecule has 1 aromatic heterocycles. The van der Waals surface area contributed by atoms with Gasteiger partial charge in [0, 0.05) is 11.9 Å². The van der Waals surface area contributed by atoms with E-state index in [9.17, 15) is 0 Å². The fourth-order valence-electron chi connectivity index (χ4n) is 5.02. The maximum Gasteiger partial charge on any atom is 0.237 e. The summed E-state index contributed by atoms with van der Waals surface area (Å²) in [6, 6.07) is 27.1. The Morgan fingerprint density at radius 2 is 1.70 bits per heavy atom. The quantitative estimate of drug-likeness (QED) is 0.340. The number of aromatic nitrogens is 3. The van der Waals surface area contributed by atoms with Gasteiger partial charge in [-0.15, -0.1) is 0 Å². The maximum atomic E-state index is 5.51. The number of para-hydroxylation sites is 3. The summed E-state index contributed by atoms with van der Waals surface area (Å²) >= 11 is 0. The van der Waals surface area contributed by atoms with Crippen LogP contribution in [0.3, 0.4) is 0 Å². The zero-order valence-corrected chi connectivity index (χ0v) is 21.1. The highest BCUT2D eigenvalue weighted by Gasteiger charge is 2.19. The van der Waals surface area contributed by atoms with E-state index in [1.54, 1.807) is 13.3 Å². The first-order chi connectivity index (χ1) is 18.2. The van der Waals surface area contributed by atoms with E-state index in [-0.39, 0.29) is 6.04 Å². The van der Waals surface area contributed by atoms with E-state index in [4.69, 9.17) is 14.7 Å². The van der Waals surface area contributed by atoms with Crippen molar-refractivity contribution in [3.63, 3.8) is 0 Å². The number of anilines is 2. The number of methoxy groups -OCH3 is 1. The summed E-state index contributed by atoms with van der Waals surface area (Å²) in [7, 11) is 3.81. The van der Waals surface area contributed by atoms with Crippen molar-refractivity contribution in [2.75, 3.05) is 32.6 Å². The molecule has 0 spiro atoms. The number of piperidine rings is 1.